The summed E-state index contributed by atoms with van der Waals surface area (Å²) < 4.78 is 1.74. The molecule has 2 aromatic heterocycles. The first kappa shape index (κ1) is 18.4. The third-order valence-electron chi connectivity index (χ3n) is 4.52. The normalized spacial score (nSPS) is 11.3. The number of carbonyl (C=O) groups is 1. The Kier molecular flexibility index (Phi) is 5.01. The van der Waals surface area contributed by atoms with Crippen LogP contribution >= 0.6 is 11.6 Å². The quantitative estimate of drug-likeness (QED) is 0.687. The molecule has 0 atom stereocenters. The van der Waals surface area contributed by atoms with Gasteiger partial charge in [-0.15, -0.1) is 0 Å². The largest absolute Gasteiger partial charge is 0.337 e. The second-order valence-corrected chi connectivity index (χ2v) is 7.32. The summed E-state index contributed by atoms with van der Waals surface area (Å²) in [7, 11) is 3.65. The van der Waals surface area contributed by atoms with Crippen LogP contribution in [0.15, 0.2) is 30.3 Å². The van der Waals surface area contributed by atoms with Gasteiger partial charge in [0.25, 0.3) is 5.91 Å². The highest BCUT2D eigenvalue weighted by molar-refractivity contribution is 6.31. The van der Waals surface area contributed by atoms with E-state index in [2.05, 4.69) is 18.9 Å². The molecular formula is C20H23ClN4O. The number of aryl methyl sites for hydroxylation is 2. The summed E-state index contributed by atoms with van der Waals surface area (Å²) in [5, 5.41) is 5.93. The SMILES string of the molecule is Cc1nn(C)c2nc(C(C)C)cc(C(=O)N(C)Cc3ccccc3Cl)c12. The smallest absolute Gasteiger partial charge is 0.254 e. The van der Waals surface area contributed by atoms with Crippen LogP contribution in [0, 0.1) is 6.92 Å². The molecule has 5 nitrogen and oxygen atoms in total. The maximum absolute atomic E-state index is 13.2. The van der Waals surface area contributed by atoms with E-state index in [9.17, 15) is 4.79 Å². The van der Waals surface area contributed by atoms with Crippen molar-refractivity contribution in [3.05, 3.63) is 57.9 Å². The van der Waals surface area contributed by atoms with Crippen molar-refractivity contribution in [3.63, 3.8) is 0 Å². The van der Waals surface area contributed by atoms with Crippen LogP contribution in [-0.4, -0.2) is 32.6 Å². The van der Waals surface area contributed by atoms with Gasteiger partial charge in [0, 0.05) is 31.4 Å². The van der Waals surface area contributed by atoms with Crippen LogP contribution in [0.4, 0.5) is 0 Å². The summed E-state index contributed by atoms with van der Waals surface area (Å²) in [5.41, 5.74) is 3.99. The number of aromatic nitrogens is 3. The third-order valence-corrected chi connectivity index (χ3v) is 4.89. The van der Waals surface area contributed by atoms with E-state index in [-0.39, 0.29) is 11.8 Å². The summed E-state index contributed by atoms with van der Waals surface area (Å²) >= 11 is 6.25. The lowest BCUT2D eigenvalue weighted by Crippen LogP contribution is -2.27. The molecule has 0 bridgehead atoms. The van der Waals surface area contributed by atoms with Crippen LogP contribution in [-0.2, 0) is 13.6 Å². The average molecular weight is 371 g/mol. The molecule has 0 radical (unpaired) electrons. The van der Waals surface area contributed by atoms with Crippen molar-refractivity contribution in [2.45, 2.75) is 33.2 Å². The maximum atomic E-state index is 13.2. The molecule has 0 aliphatic heterocycles. The van der Waals surface area contributed by atoms with E-state index >= 15 is 0 Å². The topological polar surface area (TPSA) is 51.0 Å². The van der Waals surface area contributed by atoms with Gasteiger partial charge in [0.2, 0.25) is 0 Å². The Morgan fingerprint density at radius 3 is 2.65 bits per heavy atom. The molecule has 136 valence electrons. The lowest BCUT2D eigenvalue weighted by atomic mass is 10.0. The van der Waals surface area contributed by atoms with E-state index in [1.165, 1.54) is 0 Å². The molecule has 0 saturated heterocycles. The zero-order valence-electron chi connectivity index (χ0n) is 15.7. The highest BCUT2D eigenvalue weighted by Gasteiger charge is 2.22. The van der Waals surface area contributed by atoms with Crippen LogP contribution in [0.2, 0.25) is 5.02 Å². The fourth-order valence-electron chi connectivity index (χ4n) is 3.09. The van der Waals surface area contributed by atoms with E-state index in [4.69, 9.17) is 16.6 Å². The minimum absolute atomic E-state index is 0.0599. The van der Waals surface area contributed by atoms with Crippen LogP contribution in [0.3, 0.4) is 0 Å². The first-order valence-electron chi connectivity index (χ1n) is 8.62. The second-order valence-electron chi connectivity index (χ2n) is 6.91. The number of benzene rings is 1. The van der Waals surface area contributed by atoms with Gasteiger partial charge >= 0.3 is 0 Å². The molecule has 1 amide bonds. The first-order chi connectivity index (χ1) is 12.3. The van der Waals surface area contributed by atoms with Crippen molar-refractivity contribution in [2.75, 3.05) is 7.05 Å². The average Bonchev–Trinajstić information content (AvgIpc) is 2.89. The Bertz CT molecular complexity index is 977. The Morgan fingerprint density at radius 2 is 2.00 bits per heavy atom. The van der Waals surface area contributed by atoms with E-state index in [0.29, 0.717) is 17.1 Å². The molecule has 26 heavy (non-hydrogen) atoms. The lowest BCUT2D eigenvalue weighted by molar-refractivity contribution is 0.0787. The molecule has 1 aromatic carbocycles. The van der Waals surface area contributed by atoms with Gasteiger partial charge in [0.15, 0.2) is 5.65 Å². The van der Waals surface area contributed by atoms with Crippen LogP contribution in [0.5, 0.6) is 0 Å². The molecule has 6 heteroatoms. The van der Waals surface area contributed by atoms with Crippen LogP contribution in [0.25, 0.3) is 11.0 Å². The van der Waals surface area contributed by atoms with Crippen molar-refractivity contribution in [3.8, 4) is 0 Å². The van der Waals surface area contributed by atoms with Gasteiger partial charge < -0.3 is 4.90 Å². The van der Waals surface area contributed by atoms with Crippen molar-refractivity contribution in [2.24, 2.45) is 7.05 Å². The Labute approximate surface area is 158 Å². The lowest BCUT2D eigenvalue weighted by Gasteiger charge is -2.19. The van der Waals surface area contributed by atoms with Crippen LogP contribution < -0.4 is 0 Å². The van der Waals surface area contributed by atoms with Gasteiger partial charge in [-0.25, -0.2) is 4.98 Å². The van der Waals surface area contributed by atoms with E-state index in [1.54, 1.807) is 16.6 Å². The van der Waals surface area contributed by atoms with Crippen LogP contribution in [0.1, 0.15) is 47.1 Å². The van der Waals surface area contributed by atoms with E-state index in [0.717, 1.165) is 28.0 Å². The number of rotatable bonds is 4. The van der Waals surface area contributed by atoms with Gasteiger partial charge in [0.05, 0.1) is 16.6 Å². The number of pyridine rings is 1. The van der Waals surface area contributed by atoms with E-state index < -0.39 is 0 Å². The highest BCUT2D eigenvalue weighted by atomic mass is 35.5. The van der Waals surface area contributed by atoms with Gasteiger partial charge in [0.1, 0.15) is 0 Å². The maximum Gasteiger partial charge on any atom is 0.254 e. The highest BCUT2D eigenvalue weighted by Crippen LogP contribution is 2.26. The summed E-state index contributed by atoms with van der Waals surface area (Å²) in [6.07, 6.45) is 0. The number of hydrogen-bond acceptors (Lipinski definition) is 3. The molecular weight excluding hydrogens is 348 g/mol. The minimum atomic E-state index is -0.0599. The van der Waals surface area contributed by atoms with Gasteiger partial charge in [-0.3, -0.25) is 9.48 Å². The molecule has 0 aliphatic rings. The summed E-state index contributed by atoms with van der Waals surface area (Å²) in [6.45, 7) is 6.49. The Morgan fingerprint density at radius 1 is 1.31 bits per heavy atom. The molecule has 0 saturated carbocycles. The predicted molar refractivity (Wildman–Crippen MR) is 105 cm³/mol. The predicted octanol–water partition coefficient (Wildman–Crippen LogP) is 4.33. The standard InChI is InChI=1S/C20H23ClN4O/c1-12(2)17-10-15(18-13(3)23-25(5)19(18)22-17)20(26)24(4)11-14-8-6-7-9-16(14)21/h6-10,12H,11H2,1-5H3. The summed E-state index contributed by atoms with van der Waals surface area (Å²) in [5.74, 6) is 0.158. The Balaban J connectivity index is 2.05. The Hall–Kier alpha value is -2.40. The van der Waals surface area contributed by atoms with E-state index in [1.807, 2.05) is 44.3 Å². The fourth-order valence-corrected chi connectivity index (χ4v) is 3.28. The molecule has 2 heterocycles. The molecule has 0 spiro atoms. The molecule has 0 aliphatic carbocycles. The van der Waals surface area contributed by atoms with Crippen molar-refractivity contribution in [1.29, 1.82) is 0 Å². The van der Waals surface area contributed by atoms with Crippen molar-refractivity contribution in [1.82, 2.24) is 19.7 Å². The molecule has 0 N–H and O–H groups in total. The number of fused-ring (bicyclic) bond motifs is 1. The molecule has 3 aromatic rings. The number of halogens is 1. The minimum Gasteiger partial charge on any atom is -0.337 e. The molecule has 0 unspecified atom stereocenters. The number of amides is 1. The number of hydrogen-bond donors (Lipinski definition) is 0. The van der Waals surface area contributed by atoms with Gasteiger partial charge in [-0.05, 0) is 30.5 Å². The number of nitrogens with zero attached hydrogens (tertiary/aromatic N) is 4. The zero-order chi connectivity index (χ0) is 19.0. The van der Waals surface area contributed by atoms with Gasteiger partial charge in [-0.2, -0.15) is 5.10 Å². The molecule has 0 fully saturated rings. The van der Waals surface area contributed by atoms with Crippen molar-refractivity contribution >= 4 is 28.5 Å². The fraction of sp³-hybridized carbons (Fsp3) is 0.350. The molecule has 3 rings (SSSR count). The van der Waals surface area contributed by atoms with Crippen molar-refractivity contribution < 1.29 is 4.79 Å². The summed E-state index contributed by atoms with van der Waals surface area (Å²) in [6, 6.07) is 9.47. The number of carbonyl (C=O) groups excluding carboxylic acids is 1. The second kappa shape index (κ2) is 7.08. The zero-order valence-corrected chi connectivity index (χ0v) is 16.5. The first-order valence-corrected chi connectivity index (χ1v) is 9.00. The van der Waals surface area contributed by atoms with Gasteiger partial charge in [-0.1, -0.05) is 43.6 Å². The monoisotopic (exact) mass is 370 g/mol. The third kappa shape index (κ3) is 3.31. The summed E-state index contributed by atoms with van der Waals surface area (Å²) in [4.78, 5) is 19.6.